The molecule has 4 aromatic rings. The van der Waals surface area contributed by atoms with Crippen LogP contribution >= 0.6 is 0 Å². The van der Waals surface area contributed by atoms with Crippen molar-refractivity contribution in [3.8, 4) is 34.2 Å². The molecular weight excluding hydrogens is 432 g/mol. The van der Waals surface area contributed by atoms with Crippen LogP contribution in [0.15, 0.2) is 90.2 Å². The Hall–Kier alpha value is -4.59. The van der Waals surface area contributed by atoms with Gasteiger partial charge in [-0.2, -0.15) is 10.2 Å². The summed E-state index contributed by atoms with van der Waals surface area (Å²) in [5.74, 6) is 1.65. The first kappa shape index (κ1) is 22.6. The Bertz CT molecular complexity index is 1250. The molecular formula is C26H24N4O4. The highest BCUT2D eigenvalue weighted by atomic mass is 16.5. The van der Waals surface area contributed by atoms with E-state index < -0.39 is 0 Å². The van der Waals surface area contributed by atoms with E-state index in [1.165, 1.54) is 0 Å². The summed E-state index contributed by atoms with van der Waals surface area (Å²) in [6, 6.07) is 24.3. The summed E-state index contributed by atoms with van der Waals surface area (Å²) < 4.78 is 17.6. The number of methoxy groups -OCH3 is 2. The number of amides is 1. The van der Waals surface area contributed by atoms with Gasteiger partial charge < -0.3 is 14.2 Å². The Balaban J connectivity index is 1.47. The molecule has 8 heteroatoms. The van der Waals surface area contributed by atoms with Crippen LogP contribution in [0, 0.1) is 0 Å². The van der Waals surface area contributed by atoms with Gasteiger partial charge in [0.1, 0.15) is 22.9 Å². The monoisotopic (exact) mass is 456 g/mol. The molecule has 4 rings (SSSR count). The average molecular weight is 457 g/mol. The van der Waals surface area contributed by atoms with Crippen LogP contribution in [0.2, 0.25) is 0 Å². The van der Waals surface area contributed by atoms with Crippen LogP contribution in [0.25, 0.3) is 16.9 Å². The van der Waals surface area contributed by atoms with Crippen LogP contribution in [-0.4, -0.2) is 42.7 Å². The fourth-order valence-corrected chi connectivity index (χ4v) is 3.19. The lowest BCUT2D eigenvalue weighted by Crippen LogP contribution is -2.24. The van der Waals surface area contributed by atoms with Crippen molar-refractivity contribution in [2.24, 2.45) is 5.10 Å². The maximum Gasteiger partial charge on any atom is 0.277 e. The molecule has 0 bridgehead atoms. The Morgan fingerprint density at radius 3 is 2.18 bits per heavy atom. The normalized spacial score (nSPS) is 10.8. The molecule has 0 fully saturated rings. The lowest BCUT2D eigenvalue weighted by atomic mass is 10.1. The molecule has 0 aliphatic heterocycles. The molecule has 172 valence electrons. The van der Waals surface area contributed by atoms with Crippen molar-refractivity contribution in [3.63, 3.8) is 0 Å². The Labute approximate surface area is 197 Å². The van der Waals surface area contributed by atoms with Gasteiger partial charge in [0, 0.05) is 17.3 Å². The van der Waals surface area contributed by atoms with Crippen molar-refractivity contribution in [3.05, 3.63) is 90.6 Å². The van der Waals surface area contributed by atoms with E-state index >= 15 is 0 Å². The van der Waals surface area contributed by atoms with E-state index in [1.54, 1.807) is 49.4 Å². The van der Waals surface area contributed by atoms with Gasteiger partial charge in [0.2, 0.25) is 0 Å². The largest absolute Gasteiger partial charge is 0.497 e. The molecule has 0 spiro atoms. The van der Waals surface area contributed by atoms with Gasteiger partial charge in [0.25, 0.3) is 5.91 Å². The molecule has 0 saturated carbocycles. The van der Waals surface area contributed by atoms with Crippen molar-refractivity contribution in [2.75, 3.05) is 20.8 Å². The minimum absolute atomic E-state index is 0.168. The fourth-order valence-electron chi connectivity index (χ4n) is 3.19. The molecule has 0 unspecified atom stereocenters. The van der Waals surface area contributed by atoms with E-state index in [2.05, 4.69) is 10.5 Å². The molecule has 0 aliphatic rings. The third-order valence-electron chi connectivity index (χ3n) is 4.95. The number of carbonyl (C=O) groups is 1. The van der Waals surface area contributed by atoms with Crippen molar-refractivity contribution < 1.29 is 19.0 Å². The van der Waals surface area contributed by atoms with Gasteiger partial charge in [0.15, 0.2) is 6.61 Å². The van der Waals surface area contributed by atoms with E-state index in [0.29, 0.717) is 11.5 Å². The van der Waals surface area contributed by atoms with E-state index in [-0.39, 0.29) is 12.5 Å². The Morgan fingerprint density at radius 1 is 0.912 bits per heavy atom. The van der Waals surface area contributed by atoms with E-state index in [9.17, 15) is 4.79 Å². The van der Waals surface area contributed by atoms with Gasteiger partial charge in [-0.05, 0) is 60.7 Å². The maximum atomic E-state index is 12.2. The van der Waals surface area contributed by atoms with Crippen LogP contribution in [0.5, 0.6) is 17.2 Å². The van der Waals surface area contributed by atoms with Gasteiger partial charge in [-0.25, -0.2) is 10.1 Å². The minimum Gasteiger partial charge on any atom is -0.497 e. The van der Waals surface area contributed by atoms with Gasteiger partial charge in [0.05, 0.1) is 26.1 Å². The fraction of sp³-hybridized carbons (Fsp3) is 0.115. The van der Waals surface area contributed by atoms with Gasteiger partial charge in [-0.3, -0.25) is 4.79 Å². The maximum absolute atomic E-state index is 12.2. The van der Waals surface area contributed by atoms with E-state index in [4.69, 9.17) is 19.3 Å². The highest BCUT2D eigenvalue weighted by molar-refractivity contribution is 5.89. The van der Waals surface area contributed by atoms with Crippen LogP contribution in [0.1, 0.15) is 5.56 Å². The topological polar surface area (TPSA) is 87.0 Å². The number of ether oxygens (including phenoxy) is 3. The van der Waals surface area contributed by atoms with Gasteiger partial charge in [-0.15, -0.1) is 0 Å². The number of rotatable bonds is 9. The number of nitrogens with one attached hydrogen (secondary N) is 1. The quantitative estimate of drug-likeness (QED) is 0.303. The number of hydrogen-bond donors (Lipinski definition) is 1. The van der Waals surface area contributed by atoms with E-state index in [0.717, 1.165) is 28.3 Å². The highest BCUT2D eigenvalue weighted by Crippen LogP contribution is 2.25. The van der Waals surface area contributed by atoms with Crippen LogP contribution in [-0.2, 0) is 4.79 Å². The zero-order valence-corrected chi connectivity index (χ0v) is 18.8. The standard InChI is InChI=1S/C26H24N4O4/c1-32-22-10-8-19(9-11-22)26-20(17-30(29-26)21-6-4-3-5-7-21)16-27-28-25(31)18-34-24-14-12-23(33-2)13-15-24/h3-17H,18H2,1-2H3,(H,28,31)/b27-16-. The van der Waals surface area contributed by atoms with Crippen molar-refractivity contribution >= 4 is 12.1 Å². The Morgan fingerprint density at radius 2 is 1.53 bits per heavy atom. The lowest BCUT2D eigenvalue weighted by Gasteiger charge is -2.06. The number of para-hydroxylation sites is 1. The summed E-state index contributed by atoms with van der Waals surface area (Å²) in [5.41, 5.74) is 5.76. The third kappa shape index (κ3) is 5.60. The summed E-state index contributed by atoms with van der Waals surface area (Å²) in [5, 5.41) is 8.84. The molecule has 0 atom stereocenters. The number of hydrazone groups is 1. The molecule has 34 heavy (non-hydrogen) atoms. The highest BCUT2D eigenvalue weighted by Gasteiger charge is 2.12. The SMILES string of the molecule is COc1ccc(OCC(=O)N/N=C\c2cn(-c3ccccc3)nc2-c2ccc(OC)cc2)cc1. The molecule has 8 nitrogen and oxygen atoms in total. The molecule has 0 saturated heterocycles. The summed E-state index contributed by atoms with van der Waals surface area (Å²) in [4.78, 5) is 12.2. The first-order valence-electron chi connectivity index (χ1n) is 10.5. The molecule has 1 amide bonds. The summed E-state index contributed by atoms with van der Waals surface area (Å²) in [6.07, 6.45) is 3.43. The smallest absolute Gasteiger partial charge is 0.277 e. The van der Waals surface area contributed by atoms with Crippen molar-refractivity contribution in [2.45, 2.75) is 0 Å². The lowest BCUT2D eigenvalue weighted by molar-refractivity contribution is -0.123. The number of carbonyl (C=O) groups excluding carboxylic acids is 1. The Kier molecular flexibility index (Phi) is 7.19. The second-order valence-corrected chi connectivity index (χ2v) is 7.20. The van der Waals surface area contributed by atoms with Crippen LogP contribution in [0.3, 0.4) is 0 Å². The van der Waals surface area contributed by atoms with Crippen molar-refractivity contribution in [1.82, 2.24) is 15.2 Å². The third-order valence-corrected chi connectivity index (χ3v) is 4.95. The summed E-state index contributed by atoms with van der Waals surface area (Å²) in [7, 11) is 3.21. The van der Waals surface area contributed by atoms with Crippen LogP contribution < -0.4 is 19.6 Å². The minimum atomic E-state index is -0.381. The van der Waals surface area contributed by atoms with Gasteiger partial charge in [-0.1, -0.05) is 18.2 Å². The molecule has 0 radical (unpaired) electrons. The van der Waals surface area contributed by atoms with E-state index in [1.807, 2.05) is 60.8 Å². The number of benzene rings is 3. The second kappa shape index (κ2) is 10.8. The summed E-state index contributed by atoms with van der Waals surface area (Å²) >= 11 is 0. The number of aromatic nitrogens is 2. The zero-order chi connectivity index (χ0) is 23.8. The first-order chi connectivity index (χ1) is 16.7. The zero-order valence-electron chi connectivity index (χ0n) is 18.8. The predicted octanol–water partition coefficient (Wildman–Crippen LogP) is 4.09. The van der Waals surface area contributed by atoms with Gasteiger partial charge >= 0.3 is 0 Å². The van der Waals surface area contributed by atoms with Crippen LogP contribution in [0.4, 0.5) is 0 Å². The molecule has 1 N–H and O–H groups in total. The molecule has 1 heterocycles. The summed E-state index contributed by atoms with van der Waals surface area (Å²) in [6.45, 7) is -0.168. The first-order valence-corrected chi connectivity index (χ1v) is 10.5. The van der Waals surface area contributed by atoms with Crippen molar-refractivity contribution in [1.29, 1.82) is 0 Å². The number of nitrogens with zero attached hydrogens (tertiary/aromatic N) is 3. The molecule has 3 aromatic carbocycles. The second-order valence-electron chi connectivity index (χ2n) is 7.20. The average Bonchev–Trinajstić information content (AvgIpc) is 3.32. The molecule has 0 aliphatic carbocycles. The number of hydrogen-bond acceptors (Lipinski definition) is 6. The predicted molar refractivity (Wildman–Crippen MR) is 130 cm³/mol. The molecule has 1 aromatic heterocycles.